The van der Waals surface area contributed by atoms with Crippen molar-refractivity contribution in [1.29, 1.82) is 0 Å². The van der Waals surface area contributed by atoms with E-state index in [9.17, 15) is 13.2 Å². The molecule has 0 aromatic heterocycles. The van der Waals surface area contributed by atoms with Gasteiger partial charge in [0.15, 0.2) is 0 Å². The first-order chi connectivity index (χ1) is 6.42. The highest BCUT2D eigenvalue weighted by Crippen LogP contribution is 2.17. The van der Waals surface area contributed by atoms with Crippen LogP contribution in [0.4, 0.5) is 13.2 Å². The van der Waals surface area contributed by atoms with Crippen LogP contribution in [0.3, 0.4) is 0 Å². The van der Waals surface area contributed by atoms with Crippen molar-refractivity contribution in [2.24, 2.45) is 11.7 Å². The average Bonchev–Trinajstić information content (AvgIpc) is 2.10. The summed E-state index contributed by atoms with van der Waals surface area (Å²) in [7, 11) is 0. The van der Waals surface area contributed by atoms with Gasteiger partial charge in [-0.15, -0.1) is 0 Å². The molecular formula is C9H19F3N2. The standard InChI is InChI=1S/C9H19F3N2/c1-3-8(5-13)6-14(4-2)7-9(10,11)12/h8H,3-7,13H2,1-2H3. The van der Waals surface area contributed by atoms with Crippen LogP contribution in [-0.2, 0) is 0 Å². The van der Waals surface area contributed by atoms with Crippen LogP contribution in [0, 0.1) is 5.92 Å². The van der Waals surface area contributed by atoms with Gasteiger partial charge in [0.25, 0.3) is 0 Å². The zero-order valence-electron chi connectivity index (χ0n) is 8.77. The highest BCUT2D eigenvalue weighted by atomic mass is 19.4. The number of hydrogen-bond donors (Lipinski definition) is 1. The van der Waals surface area contributed by atoms with Crippen LogP contribution in [0.2, 0.25) is 0 Å². The van der Waals surface area contributed by atoms with Gasteiger partial charge in [-0.3, -0.25) is 4.90 Å². The van der Waals surface area contributed by atoms with Crippen molar-refractivity contribution in [2.75, 3.05) is 26.2 Å². The Balaban J connectivity index is 4.01. The van der Waals surface area contributed by atoms with Crippen LogP contribution in [0.5, 0.6) is 0 Å². The number of alkyl halides is 3. The quantitative estimate of drug-likeness (QED) is 0.728. The van der Waals surface area contributed by atoms with Crippen LogP contribution in [0.15, 0.2) is 0 Å². The zero-order valence-corrected chi connectivity index (χ0v) is 8.77. The molecule has 5 heteroatoms. The van der Waals surface area contributed by atoms with E-state index in [4.69, 9.17) is 5.73 Å². The molecule has 0 aromatic rings. The largest absolute Gasteiger partial charge is 0.401 e. The van der Waals surface area contributed by atoms with E-state index in [1.54, 1.807) is 6.92 Å². The predicted octanol–water partition coefficient (Wildman–Crippen LogP) is 1.86. The van der Waals surface area contributed by atoms with Gasteiger partial charge in [-0.25, -0.2) is 0 Å². The third-order valence-corrected chi connectivity index (χ3v) is 2.28. The van der Waals surface area contributed by atoms with E-state index in [0.29, 0.717) is 19.6 Å². The minimum absolute atomic E-state index is 0.164. The van der Waals surface area contributed by atoms with E-state index in [2.05, 4.69) is 0 Å². The highest BCUT2D eigenvalue weighted by molar-refractivity contribution is 4.67. The number of halogens is 3. The third kappa shape index (κ3) is 6.21. The van der Waals surface area contributed by atoms with Crippen LogP contribution in [0.1, 0.15) is 20.3 Å². The molecule has 14 heavy (non-hydrogen) atoms. The van der Waals surface area contributed by atoms with Gasteiger partial charge in [0.05, 0.1) is 6.54 Å². The molecule has 0 bridgehead atoms. The second kappa shape index (κ2) is 6.24. The maximum absolute atomic E-state index is 12.1. The summed E-state index contributed by atoms with van der Waals surface area (Å²) in [6.45, 7) is 4.14. The molecule has 0 aromatic carbocycles. The Labute approximate surface area is 83.3 Å². The second-order valence-electron chi connectivity index (χ2n) is 3.45. The van der Waals surface area contributed by atoms with Crippen LogP contribution in [0.25, 0.3) is 0 Å². The first kappa shape index (κ1) is 13.7. The topological polar surface area (TPSA) is 29.3 Å². The lowest BCUT2D eigenvalue weighted by molar-refractivity contribution is -0.146. The molecule has 0 spiro atoms. The smallest absolute Gasteiger partial charge is 0.330 e. The number of hydrogen-bond acceptors (Lipinski definition) is 2. The van der Waals surface area contributed by atoms with Gasteiger partial charge in [0.2, 0.25) is 0 Å². The Morgan fingerprint density at radius 3 is 2.14 bits per heavy atom. The maximum Gasteiger partial charge on any atom is 0.401 e. The summed E-state index contributed by atoms with van der Waals surface area (Å²) in [4.78, 5) is 1.39. The fourth-order valence-corrected chi connectivity index (χ4v) is 1.29. The van der Waals surface area contributed by atoms with E-state index in [1.165, 1.54) is 4.90 Å². The zero-order chi connectivity index (χ0) is 11.2. The van der Waals surface area contributed by atoms with Crippen molar-refractivity contribution in [3.05, 3.63) is 0 Å². The van der Waals surface area contributed by atoms with E-state index >= 15 is 0 Å². The molecule has 0 aliphatic rings. The van der Waals surface area contributed by atoms with Crippen molar-refractivity contribution in [3.63, 3.8) is 0 Å². The predicted molar refractivity (Wildman–Crippen MR) is 51.0 cm³/mol. The maximum atomic E-state index is 12.1. The molecule has 0 saturated heterocycles. The van der Waals surface area contributed by atoms with Gasteiger partial charge in [0, 0.05) is 6.54 Å². The minimum atomic E-state index is -4.11. The Morgan fingerprint density at radius 1 is 1.29 bits per heavy atom. The van der Waals surface area contributed by atoms with E-state index < -0.39 is 12.7 Å². The van der Waals surface area contributed by atoms with E-state index in [1.807, 2.05) is 6.92 Å². The molecule has 0 saturated carbocycles. The summed E-state index contributed by atoms with van der Waals surface area (Å²) in [5.74, 6) is 0.164. The highest BCUT2D eigenvalue weighted by Gasteiger charge is 2.30. The van der Waals surface area contributed by atoms with Crippen LogP contribution < -0.4 is 5.73 Å². The summed E-state index contributed by atoms with van der Waals surface area (Å²) in [5.41, 5.74) is 5.44. The van der Waals surface area contributed by atoms with E-state index in [0.717, 1.165) is 6.42 Å². The molecular weight excluding hydrogens is 193 g/mol. The Bertz CT molecular complexity index is 143. The summed E-state index contributed by atoms with van der Waals surface area (Å²) in [6, 6.07) is 0. The van der Waals surface area contributed by atoms with Crippen molar-refractivity contribution < 1.29 is 13.2 Å². The lowest BCUT2D eigenvalue weighted by Crippen LogP contribution is -2.39. The lowest BCUT2D eigenvalue weighted by Gasteiger charge is -2.25. The van der Waals surface area contributed by atoms with Gasteiger partial charge in [-0.1, -0.05) is 20.3 Å². The molecule has 0 fully saturated rings. The van der Waals surface area contributed by atoms with Crippen molar-refractivity contribution in [3.8, 4) is 0 Å². The number of nitrogens with two attached hydrogens (primary N) is 1. The summed E-state index contributed by atoms with van der Waals surface area (Å²) >= 11 is 0. The minimum Gasteiger partial charge on any atom is -0.330 e. The van der Waals surface area contributed by atoms with Crippen LogP contribution in [-0.4, -0.2) is 37.3 Å². The van der Waals surface area contributed by atoms with Gasteiger partial charge >= 0.3 is 6.18 Å². The van der Waals surface area contributed by atoms with Gasteiger partial charge < -0.3 is 5.73 Å². The molecule has 2 nitrogen and oxygen atoms in total. The Kier molecular flexibility index (Phi) is 6.11. The first-order valence-corrected chi connectivity index (χ1v) is 4.92. The average molecular weight is 212 g/mol. The van der Waals surface area contributed by atoms with Crippen LogP contribution >= 0.6 is 0 Å². The molecule has 0 aliphatic carbocycles. The third-order valence-electron chi connectivity index (χ3n) is 2.28. The monoisotopic (exact) mass is 212 g/mol. The molecule has 0 radical (unpaired) electrons. The van der Waals surface area contributed by atoms with Gasteiger partial charge in [0.1, 0.15) is 0 Å². The molecule has 1 unspecified atom stereocenters. The summed E-state index contributed by atoms with van der Waals surface area (Å²) < 4.78 is 36.2. The fraction of sp³-hybridized carbons (Fsp3) is 1.00. The molecule has 0 rings (SSSR count). The normalized spacial score (nSPS) is 14.8. The molecule has 1 atom stereocenters. The molecule has 86 valence electrons. The Hall–Kier alpha value is -0.290. The molecule has 0 heterocycles. The van der Waals surface area contributed by atoms with Gasteiger partial charge in [-0.05, 0) is 19.0 Å². The molecule has 0 amide bonds. The van der Waals surface area contributed by atoms with E-state index in [-0.39, 0.29) is 5.92 Å². The molecule has 2 N–H and O–H groups in total. The Morgan fingerprint density at radius 2 is 1.86 bits per heavy atom. The van der Waals surface area contributed by atoms with Crippen molar-refractivity contribution >= 4 is 0 Å². The second-order valence-corrected chi connectivity index (χ2v) is 3.45. The lowest BCUT2D eigenvalue weighted by atomic mass is 10.1. The summed E-state index contributed by atoms with van der Waals surface area (Å²) in [5, 5.41) is 0. The number of rotatable bonds is 6. The van der Waals surface area contributed by atoms with Crippen molar-refractivity contribution in [2.45, 2.75) is 26.4 Å². The SMILES string of the molecule is CCC(CN)CN(CC)CC(F)(F)F. The molecule has 0 aliphatic heterocycles. The fourth-order valence-electron chi connectivity index (χ4n) is 1.29. The number of nitrogens with zero attached hydrogens (tertiary/aromatic N) is 1. The summed E-state index contributed by atoms with van der Waals surface area (Å²) in [6.07, 6.45) is -3.28. The first-order valence-electron chi connectivity index (χ1n) is 4.92. The van der Waals surface area contributed by atoms with Crippen molar-refractivity contribution in [1.82, 2.24) is 4.90 Å². The van der Waals surface area contributed by atoms with Gasteiger partial charge in [-0.2, -0.15) is 13.2 Å².